The Morgan fingerprint density at radius 1 is 0.556 bits per heavy atom. The van der Waals surface area contributed by atoms with Crippen molar-refractivity contribution in [1.82, 2.24) is 0 Å². The van der Waals surface area contributed by atoms with E-state index in [2.05, 4.69) is 13.8 Å². The van der Waals surface area contributed by atoms with Gasteiger partial charge in [-0.2, -0.15) is 4.39 Å². The van der Waals surface area contributed by atoms with Crippen molar-refractivity contribution in [1.29, 1.82) is 0 Å². The molecule has 0 aliphatic rings. The first-order chi connectivity index (χ1) is 17.6. The van der Waals surface area contributed by atoms with Crippen LogP contribution in [0.2, 0.25) is 0 Å². The molecule has 0 amide bonds. The maximum Gasteiger partial charge on any atom is 0.201 e. The van der Waals surface area contributed by atoms with E-state index in [-0.39, 0.29) is 11.3 Å². The van der Waals surface area contributed by atoms with Crippen molar-refractivity contribution in [2.75, 3.05) is 13.2 Å². The largest absolute Gasteiger partial charge is 0.494 e. The summed E-state index contributed by atoms with van der Waals surface area (Å²) >= 11 is 0. The maximum absolute atomic E-state index is 14.9. The lowest BCUT2D eigenvalue weighted by Crippen LogP contribution is -2.01. The SMILES string of the molecule is CCCCCCCCCCOc1ccc(-c2ccc3cc(OCCCCCC)ccc3c2)c(F)c1F. The van der Waals surface area contributed by atoms with Gasteiger partial charge in [0.05, 0.1) is 13.2 Å². The molecular formula is C32H42F2O2. The summed E-state index contributed by atoms with van der Waals surface area (Å²) in [5, 5.41) is 1.97. The fraction of sp³-hybridized carbons (Fsp3) is 0.500. The van der Waals surface area contributed by atoms with Gasteiger partial charge in [-0.1, -0.05) is 96.3 Å². The molecule has 0 saturated carbocycles. The maximum atomic E-state index is 14.9. The molecule has 3 aromatic carbocycles. The highest BCUT2D eigenvalue weighted by molar-refractivity contribution is 5.88. The van der Waals surface area contributed by atoms with Gasteiger partial charge in [-0.25, -0.2) is 4.39 Å². The fourth-order valence-electron chi connectivity index (χ4n) is 4.48. The van der Waals surface area contributed by atoms with Gasteiger partial charge in [-0.05, 0) is 59.5 Å². The second-order valence-corrected chi connectivity index (χ2v) is 9.70. The van der Waals surface area contributed by atoms with Crippen LogP contribution in [0.5, 0.6) is 11.5 Å². The van der Waals surface area contributed by atoms with E-state index in [1.54, 1.807) is 6.07 Å². The van der Waals surface area contributed by atoms with Crippen LogP contribution >= 0.6 is 0 Å². The van der Waals surface area contributed by atoms with Crippen LogP contribution in [-0.2, 0) is 0 Å². The Morgan fingerprint density at radius 2 is 1.14 bits per heavy atom. The number of hydrogen-bond acceptors (Lipinski definition) is 2. The average Bonchev–Trinajstić information content (AvgIpc) is 2.89. The summed E-state index contributed by atoms with van der Waals surface area (Å²) in [7, 11) is 0. The van der Waals surface area contributed by atoms with Crippen LogP contribution < -0.4 is 9.47 Å². The lowest BCUT2D eigenvalue weighted by atomic mass is 10.0. The van der Waals surface area contributed by atoms with Crippen molar-refractivity contribution < 1.29 is 18.3 Å². The summed E-state index contributed by atoms with van der Waals surface area (Å²) in [5.74, 6) is -0.962. The minimum Gasteiger partial charge on any atom is -0.494 e. The molecule has 0 saturated heterocycles. The van der Waals surface area contributed by atoms with E-state index >= 15 is 0 Å². The lowest BCUT2D eigenvalue weighted by molar-refractivity contribution is 0.285. The number of halogens is 2. The topological polar surface area (TPSA) is 18.5 Å². The van der Waals surface area contributed by atoms with Crippen molar-refractivity contribution in [3.8, 4) is 22.6 Å². The molecule has 0 bridgehead atoms. The van der Waals surface area contributed by atoms with Gasteiger partial charge >= 0.3 is 0 Å². The molecule has 0 unspecified atom stereocenters. The zero-order valence-corrected chi connectivity index (χ0v) is 22.1. The highest BCUT2D eigenvalue weighted by Crippen LogP contribution is 2.32. The molecule has 0 aliphatic carbocycles. The third kappa shape index (κ3) is 8.50. The highest BCUT2D eigenvalue weighted by atomic mass is 19.2. The summed E-state index contributed by atoms with van der Waals surface area (Å²) in [5.41, 5.74) is 0.881. The van der Waals surface area contributed by atoms with Crippen LogP contribution in [-0.4, -0.2) is 13.2 Å². The van der Waals surface area contributed by atoms with Gasteiger partial charge in [-0.15, -0.1) is 0 Å². The molecule has 36 heavy (non-hydrogen) atoms. The monoisotopic (exact) mass is 496 g/mol. The molecule has 0 radical (unpaired) electrons. The van der Waals surface area contributed by atoms with Crippen LogP contribution in [0.3, 0.4) is 0 Å². The van der Waals surface area contributed by atoms with Crippen molar-refractivity contribution in [3.63, 3.8) is 0 Å². The number of benzene rings is 3. The van der Waals surface area contributed by atoms with E-state index < -0.39 is 11.6 Å². The second kappa shape index (κ2) is 15.5. The zero-order valence-electron chi connectivity index (χ0n) is 22.1. The van der Waals surface area contributed by atoms with Crippen LogP contribution in [0, 0.1) is 11.6 Å². The molecule has 0 atom stereocenters. The Labute approximate surface area is 216 Å². The molecule has 0 heterocycles. The van der Waals surface area contributed by atoms with Gasteiger partial charge in [0.25, 0.3) is 0 Å². The van der Waals surface area contributed by atoms with Gasteiger partial charge in [-0.3, -0.25) is 0 Å². The van der Waals surface area contributed by atoms with Gasteiger partial charge in [0.15, 0.2) is 11.6 Å². The Kier molecular flexibility index (Phi) is 12.0. The third-order valence-corrected chi connectivity index (χ3v) is 6.69. The van der Waals surface area contributed by atoms with E-state index in [4.69, 9.17) is 9.47 Å². The predicted molar refractivity (Wildman–Crippen MR) is 147 cm³/mol. The minimum atomic E-state index is -0.918. The molecule has 4 heteroatoms. The molecule has 3 rings (SSSR count). The minimum absolute atomic E-state index is 0.0132. The second-order valence-electron chi connectivity index (χ2n) is 9.70. The first kappa shape index (κ1) is 28.0. The quantitative estimate of drug-likeness (QED) is 0.173. The van der Waals surface area contributed by atoms with Crippen molar-refractivity contribution >= 4 is 10.8 Å². The average molecular weight is 497 g/mol. The van der Waals surface area contributed by atoms with Crippen LogP contribution in [0.1, 0.15) is 90.9 Å². The first-order valence-corrected chi connectivity index (χ1v) is 13.9. The van der Waals surface area contributed by atoms with Gasteiger partial charge in [0.2, 0.25) is 5.82 Å². The highest BCUT2D eigenvalue weighted by Gasteiger charge is 2.16. The van der Waals surface area contributed by atoms with E-state index in [0.29, 0.717) is 18.8 Å². The normalized spacial score (nSPS) is 11.2. The van der Waals surface area contributed by atoms with E-state index in [1.807, 2.05) is 36.4 Å². The molecule has 196 valence electrons. The summed E-state index contributed by atoms with van der Waals surface area (Å²) in [6.45, 7) is 5.53. The van der Waals surface area contributed by atoms with Gasteiger partial charge in [0.1, 0.15) is 5.75 Å². The zero-order chi connectivity index (χ0) is 25.6. The Hall–Kier alpha value is -2.62. The van der Waals surface area contributed by atoms with Crippen molar-refractivity contribution in [2.45, 2.75) is 90.9 Å². The molecule has 0 N–H and O–H groups in total. The van der Waals surface area contributed by atoms with E-state index in [9.17, 15) is 8.78 Å². The summed E-state index contributed by atoms with van der Waals surface area (Å²) < 4.78 is 41.1. The van der Waals surface area contributed by atoms with Crippen molar-refractivity contribution in [2.24, 2.45) is 0 Å². The third-order valence-electron chi connectivity index (χ3n) is 6.69. The fourth-order valence-corrected chi connectivity index (χ4v) is 4.48. The van der Waals surface area contributed by atoms with E-state index in [0.717, 1.165) is 42.2 Å². The van der Waals surface area contributed by atoms with Crippen molar-refractivity contribution in [3.05, 3.63) is 60.2 Å². The van der Waals surface area contributed by atoms with E-state index in [1.165, 1.54) is 57.4 Å². The standard InChI is InChI=1S/C32H42F2O2/c1-3-5-7-9-10-11-12-14-22-36-30-20-19-29(31(33)32(30)34)27-16-15-26-24-28(18-17-25(26)23-27)35-21-13-8-6-4-2/h15-20,23-24H,3-14,21-22H2,1-2H3. The van der Waals surface area contributed by atoms with Crippen LogP contribution in [0.15, 0.2) is 48.5 Å². The Bertz CT molecular complexity index is 1060. The summed E-state index contributed by atoms with van der Waals surface area (Å²) in [6, 6.07) is 14.7. The van der Waals surface area contributed by atoms with Crippen LogP contribution in [0.25, 0.3) is 21.9 Å². The predicted octanol–water partition coefficient (Wildman–Crippen LogP) is 10.3. The Balaban J connectivity index is 1.54. The molecule has 0 spiro atoms. The number of fused-ring (bicyclic) bond motifs is 1. The van der Waals surface area contributed by atoms with Gasteiger partial charge < -0.3 is 9.47 Å². The molecule has 0 aliphatic heterocycles. The molecule has 3 aromatic rings. The Morgan fingerprint density at radius 3 is 1.86 bits per heavy atom. The summed E-state index contributed by atoms with van der Waals surface area (Å²) in [6.07, 6.45) is 14.1. The molecule has 2 nitrogen and oxygen atoms in total. The number of hydrogen-bond donors (Lipinski definition) is 0. The first-order valence-electron chi connectivity index (χ1n) is 13.9. The summed E-state index contributed by atoms with van der Waals surface area (Å²) in [4.78, 5) is 0. The smallest absolute Gasteiger partial charge is 0.201 e. The molecule has 0 aromatic heterocycles. The van der Waals surface area contributed by atoms with Gasteiger partial charge in [0, 0.05) is 5.56 Å². The van der Waals surface area contributed by atoms with Crippen LogP contribution in [0.4, 0.5) is 8.78 Å². The molecule has 0 fully saturated rings. The number of rotatable bonds is 17. The number of ether oxygens (including phenoxy) is 2. The lowest BCUT2D eigenvalue weighted by Gasteiger charge is -2.12. The molecular weight excluding hydrogens is 454 g/mol. The number of unbranched alkanes of at least 4 members (excludes halogenated alkanes) is 10.